The molecule has 0 aliphatic carbocycles. The van der Waals surface area contributed by atoms with Crippen LogP contribution in [0.3, 0.4) is 0 Å². The first-order valence-corrected chi connectivity index (χ1v) is 7.62. The summed E-state index contributed by atoms with van der Waals surface area (Å²) >= 11 is 6.94. The Morgan fingerprint density at radius 2 is 2.25 bits per heavy atom. The van der Waals surface area contributed by atoms with Crippen molar-refractivity contribution in [3.05, 3.63) is 40.7 Å². The Labute approximate surface area is 128 Å². The minimum absolute atomic E-state index is 0.120. The van der Waals surface area contributed by atoms with Crippen molar-refractivity contribution in [3.63, 3.8) is 0 Å². The van der Waals surface area contributed by atoms with E-state index >= 15 is 0 Å². The molecule has 0 radical (unpaired) electrons. The molecule has 2 rings (SSSR count). The van der Waals surface area contributed by atoms with Crippen LogP contribution in [-0.4, -0.2) is 16.2 Å². The summed E-state index contributed by atoms with van der Waals surface area (Å²) in [4.78, 5) is 5.46. The van der Waals surface area contributed by atoms with Gasteiger partial charge in [0.2, 0.25) is 5.88 Å². The van der Waals surface area contributed by atoms with Gasteiger partial charge in [-0.15, -0.1) is 11.3 Å². The van der Waals surface area contributed by atoms with Crippen LogP contribution in [0.4, 0.5) is 5.69 Å². The van der Waals surface area contributed by atoms with Gasteiger partial charge >= 0.3 is 0 Å². The van der Waals surface area contributed by atoms with E-state index in [4.69, 9.17) is 17.0 Å². The van der Waals surface area contributed by atoms with E-state index in [1.165, 1.54) is 4.88 Å². The topological polar surface area (TPSA) is 46.2 Å². The Bertz CT molecular complexity index is 538. The van der Waals surface area contributed by atoms with Crippen molar-refractivity contribution >= 4 is 34.4 Å². The molecule has 2 N–H and O–H groups in total. The second-order valence-corrected chi connectivity index (χ2v) is 5.88. The molecule has 0 atom stereocenters. The maximum absolute atomic E-state index is 5.48. The standard InChI is InChI=1S/C14H17N3OS2/c1-10(2)18-13-6-5-11(8-15-13)17-14(19)16-9-12-4-3-7-20-12/h3-8,10H,9H2,1-2H3,(H2,16,17,19). The average molecular weight is 307 g/mol. The van der Waals surface area contributed by atoms with Gasteiger partial charge in [0.15, 0.2) is 5.11 Å². The second-order valence-electron chi connectivity index (χ2n) is 4.44. The van der Waals surface area contributed by atoms with Gasteiger partial charge in [0.05, 0.1) is 24.5 Å². The fraction of sp³-hybridized carbons (Fsp3) is 0.286. The predicted octanol–water partition coefficient (Wildman–Crippen LogP) is 3.42. The van der Waals surface area contributed by atoms with Gasteiger partial charge in [0.25, 0.3) is 0 Å². The molecule has 0 spiro atoms. The van der Waals surface area contributed by atoms with Crippen molar-refractivity contribution < 1.29 is 4.74 Å². The molecular formula is C14H17N3OS2. The molecule has 0 aliphatic heterocycles. The van der Waals surface area contributed by atoms with E-state index in [2.05, 4.69) is 21.7 Å². The molecule has 2 aromatic heterocycles. The molecular weight excluding hydrogens is 290 g/mol. The predicted molar refractivity (Wildman–Crippen MR) is 87.4 cm³/mol. The summed E-state index contributed by atoms with van der Waals surface area (Å²) in [5.74, 6) is 0.614. The number of aromatic nitrogens is 1. The smallest absolute Gasteiger partial charge is 0.213 e. The third kappa shape index (κ3) is 4.79. The van der Waals surface area contributed by atoms with Crippen LogP contribution < -0.4 is 15.4 Å². The molecule has 106 valence electrons. The molecule has 0 saturated carbocycles. The van der Waals surface area contributed by atoms with Gasteiger partial charge < -0.3 is 15.4 Å². The number of thiocarbonyl (C=S) groups is 1. The zero-order chi connectivity index (χ0) is 14.4. The van der Waals surface area contributed by atoms with Crippen molar-refractivity contribution in [3.8, 4) is 5.88 Å². The first kappa shape index (κ1) is 14.7. The number of ether oxygens (including phenoxy) is 1. The summed E-state index contributed by atoms with van der Waals surface area (Å²) < 4.78 is 5.48. The van der Waals surface area contributed by atoms with Crippen LogP contribution in [0.15, 0.2) is 35.8 Å². The minimum Gasteiger partial charge on any atom is -0.475 e. The van der Waals surface area contributed by atoms with Gasteiger partial charge in [-0.05, 0) is 43.6 Å². The van der Waals surface area contributed by atoms with Crippen molar-refractivity contribution in [1.29, 1.82) is 0 Å². The van der Waals surface area contributed by atoms with E-state index < -0.39 is 0 Å². The van der Waals surface area contributed by atoms with E-state index in [-0.39, 0.29) is 6.10 Å². The number of hydrogen-bond acceptors (Lipinski definition) is 4. The van der Waals surface area contributed by atoms with E-state index in [9.17, 15) is 0 Å². The zero-order valence-corrected chi connectivity index (χ0v) is 13.1. The zero-order valence-electron chi connectivity index (χ0n) is 11.4. The van der Waals surface area contributed by atoms with Crippen LogP contribution in [0.2, 0.25) is 0 Å². The molecule has 2 aromatic rings. The highest BCUT2D eigenvalue weighted by atomic mass is 32.1. The number of pyridine rings is 1. The lowest BCUT2D eigenvalue weighted by molar-refractivity contribution is 0.232. The molecule has 0 aliphatic rings. The average Bonchev–Trinajstić information content (AvgIpc) is 2.91. The quantitative estimate of drug-likeness (QED) is 0.829. The van der Waals surface area contributed by atoms with E-state index in [1.807, 2.05) is 37.4 Å². The van der Waals surface area contributed by atoms with Gasteiger partial charge in [0.1, 0.15) is 0 Å². The first-order valence-electron chi connectivity index (χ1n) is 6.33. The maximum atomic E-state index is 5.48. The van der Waals surface area contributed by atoms with Crippen molar-refractivity contribution in [1.82, 2.24) is 10.3 Å². The highest BCUT2D eigenvalue weighted by Crippen LogP contribution is 2.13. The van der Waals surface area contributed by atoms with Crippen LogP contribution in [-0.2, 0) is 6.54 Å². The van der Waals surface area contributed by atoms with Gasteiger partial charge in [-0.3, -0.25) is 0 Å². The number of hydrogen-bond donors (Lipinski definition) is 2. The first-order chi connectivity index (χ1) is 9.63. The summed E-state index contributed by atoms with van der Waals surface area (Å²) in [6, 6.07) is 7.81. The summed E-state index contributed by atoms with van der Waals surface area (Å²) in [7, 11) is 0. The summed E-state index contributed by atoms with van der Waals surface area (Å²) in [5, 5.41) is 8.87. The summed E-state index contributed by atoms with van der Waals surface area (Å²) in [6.45, 7) is 4.67. The highest BCUT2D eigenvalue weighted by Gasteiger charge is 2.01. The molecule has 0 aromatic carbocycles. The van der Waals surface area contributed by atoms with Crippen molar-refractivity contribution in [2.75, 3.05) is 5.32 Å². The van der Waals surface area contributed by atoms with Crippen molar-refractivity contribution in [2.45, 2.75) is 26.5 Å². The second kappa shape index (κ2) is 7.21. The lowest BCUT2D eigenvalue weighted by Gasteiger charge is -2.11. The fourth-order valence-corrected chi connectivity index (χ4v) is 2.36. The molecule has 0 amide bonds. The van der Waals surface area contributed by atoms with E-state index in [1.54, 1.807) is 17.5 Å². The van der Waals surface area contributed by atoms with Gasteiger partial charge in [-0.1, -0.05) is 6.07 Å². The lowest BCUT2D eigenvalue weighted by atomic mass is 10.4. The molecule has 0 saturated heterocycles. The van der Waals surface area contributed by atoms with Crippen LogP contribution in [0.5, 0.6) is 5.88 Å². The molecule has 0 unspecified atom stereocenters. The normalized spacial score (nSPS) is 10.3. The Morgan fingerprint density at radius 1 is 1.40 bits per heavy atom. The van der Waals surface area contributed by atoms with Crippen LogP contribution >= 0.6 is 23.6 Å². The summed E-state index contributed by atoms with van der Waals surface area (Å²) in [5.41, 5.74) is 0.838. The van der Waals surface area contributed by atoms with Gasteiger partial charge in [-0.25, -0.2) is 4.98 Å². The number of nitrogens with zero attached hydrogens (tertiary/aromatic N) is 1. The maximum Gasteiger partial charge on any atom is 0.213 e. The lowest BCUT2D eigenvalue weighted by Crippen LogP contribution is -2.27. The molecule has 0 bridgehead atoms. The van der Waals surface area contributed by atoms with Crippen LogP contribution in [0, 0.1) is 0 Å². The number of nitrogens with one attached hydrogen (secondary N) is 2. The van der Waals surface area contributed by atoms with Crippen LogP contribution in [0.1, 0.15) is 18.7 Å². The minimum atomic E-state index is 0.120. The molecule has 2 heterocycles. The molecule has 6 heteroatoms. The van der Waals surface area contributed by atoms with Crippen molar-refractivity contribution in [2.24, 2.45) is 0 Å². The SMILES string of the molecule is CC(C)Oc1ccc(NC(=S)NCc2cccs2)cn1. The fourth-order valence-electron chi connectivity index (χ4n) is 1.52. The van der Waals surface area contributed by atoms with Gasteiger partial charge in [0, 0.05) is 10.9 Å². The Kier molecular flexibility index (Phi) is 5.31. The summed E-state index contributed by atoms with van der Waals surface area (Å²) in [6.07, 6.45) is 1.83. The third-order valence-corrected chi connectivity index (χ3v) is 3.48. The molecule has 4 nitrogen and oxygen atoms in total. The van der Waals surface area contributed by atoms with Gasteiger partial charge in [-0.2, -0.15) is 0 Å². The number of thiophene rings is 1. The molecule has 0 fully saturated rings. The number of rotatable bonds is 5. The number of anilines is 1. The molecule has 20 heavy (non-hydrogen) atoms. The Hall–Kier alpha value is -1.66. The monoisotopic (exact) mass is 307 g/mol. The Morgan fingerprint density at radius 3 is 2.85 bits per heavy atom. The Balaban J connectivity index is 1.81. The van der Waals surface area contributed by atoms with Crippen LogP contribution in [0.25, 0.3) is 0 Å². The van der Waals surface area contributed by atoms with E-state index in [0.29, 0.717) is 11.0 Å². The largest absolute Gasteiger partial charge is 0.475 e. The highest BCUT2D eigenvalue weighted by molar-refractivity contribution is 7.80. The van der Waals surface area contributed by atoms with E-state index in [0.717, 1.165) is 12.2 Å². The third-order valence-electron chi connectivity index (χ3n) is 2.35.